The van der Waals surface area contributed by atoms with Crippen LogP contribution < -0.4 is 10.7 Å². The first-order valence-electron chi connectivity index (χ1n) is 8.52. The molecular weight excluding hydrogens is 382 g/mol. The number of benzene rings is 2. The van der Waals surface area contributed by atoms with Crippen LogP contribution in [0.4, 0.5) is 4.79 Å². The standard InChI is InChI=1S/C19H19N3O5S/c1-3-19(14-7-5-4-6-8-14)17(24)22(18(25)20-19)21-16(23)13-9-11-15(12-10-13)28(2,26)27/h4-12H,3H2,1-2H3,(H,20,25)(H,21,23)/t19-/m1/s1. The van der Waals surface area contributed by atoms with Crippen LogP contribution in [0.15, 0.2) is 59.5 Å². The van der Waals surface area contributed by atoms with Gasteiger partial charge in [0.1, 0.15) is 5.54 Å². The van der Waals surface area contributed by atoms with Gasteiger partial charge in [-0.25, -0.2) is 13.2 Å². The van der Waals surface area contributed by atoms with Gasteiger partial charge in [0.2, 0.25) is 0 Å². The van der Waals surface area contributed by atoms with E-state index in [-0.39, 0.29) is 10.5 Å². The fourth-order valence-electron chi connectivity index (χ4n) is 3.06. The van der Waals surface area contributed by atoms with Crippen LogP contribution in [0.25, 0.3) is 0 Å². The van der Waals surface area contributed by atoms with Crippen molar-refractivity contribution in [2.75, 3.05) is 6.26 Å². The van der Waals surface area contributed by atoms with E-state index in [1.165, 1.54) is 24.3 Å². The maximum absolute atomic E-state index is 13.0. The Balaban J connectivity index is 1.84. The van der Waals surface area contributed by atoms with Crippen LogP contribution in [-0.2, 0) is 20.2 Å². The highest BCUT2D eigenvalue weighted by molar-refractivity contribution is 7.90. The zero-order valence-corrected chi connectivity index (χ0v) is 16.1. The number of carbonyl (C=O) groups excluding carboxylic acids is 3. The third-order valence-electron chi connectivity index (χ3n) is 4.65. The molecule has 3 rings (SSSR count). The molecule has 8 nitrogen and oxygen atoms in total. The minimum atomic E-state index is -3.40. The molecule has 9 heteroatoms. The number of amides is 4. The molecule has 146 valence electrons. The zero-order valence-electron chi connectivity index (χ0n) is 15.3. The number of hydrogen-bond acceptors (Lipinski definition) is 5. The second kappa shape index (κ2) is 7.08. The van der Waals surface area contributed by atoms with Crippen LogP contribution in [-0.4, -0.2) is 37.5 Å². The van der Waals surface area contributed by atoms with Crippen molar-refractivity contribution in [1.29, 1.82) is 0 Å². The molecule has 2 aromatic carbocycles. The summed E-state index contributed by atoms with van der Waals surface area (Å²) in [4.78, 5) is 37.9. The van der Waals surface area contributed by atoms with Crippen molar-refractivity contribution >= 4 is 27.7 Å². The lowest BCUT2D eigenvalue weighted by Crippen LogP contribution is -2.48. The van der Waals surface area contributed by atoms with Gasteiger partial charge in [0.25, 0.3) is 11.8 Å². The second-order valence-electron chi connectivity index (χ2n) is 6.43. The minimum absolute atomic E-state index is 0.0631. The smallest absolute Gasteiger partial charge is 0.318 e. The van der Waals surface area contributed by atoms with Crippen molar-refractivity contribution in [3.63, 3.8) is 0 Å². The van der Waals surface area contributed by atoms with Gasteiger partial charge in [0.05, 0.1) is 4.90 Å². The number of nitrogens with zero attached hydrogens (tertiary/aromatic N) is 1. The fourth-order valence-corrected chi connectivity index (χ4v) is 3.69. The first-order chi connectivity index (χ1) is 13.2. The number of hydrogen-bond donors (Lipinski definition) is 2. The van der Waals surface area contributed by atoms with E-state index in [9.17, 15) is 22.8 Å². The predicted octanol–water partition coefficient (Wildman–Crippen LogP) is 1.59. The van der Waals surface area contributed by atoms with E-state index >= 15 is 0 Å². The van der Waals surface area contributed by atoms with Gasteiger partial charge in [-0.1, -0.05) is 37.3 Å². The summed E-state index contributed by atoms with van der Waals surface area (Å²) in [5.74, 6) is -1.30. The molecule has 1 aliphatic rings. The van der Waals surface area contributed by atoms with E-state index in [2.05, 4.69) is 10.7 Å². The number of urea groups is 1. The van der Waals surface area contributed by atoms with E-state index in [0.717, 1.165) is 6.26 Å². The molecule has 1 atom stereocenters. The summed E-state index contributed by atoms with van der Waals surface area (Å²) in [5.41, 5.74) is 1.77. The molecule has 1 heterocycles. The number of sulfone groups is 1. The summed E-state index contributed by atoms with van der Waals surface area (Å²) in [7, 11) is -3.40. The average molecular weight is 401 g/mol. The van der Waals surface area contributed by atoms with E-state index in [0.29, 0.717) is 17.0 Å². The van der Waals surface area contributed by atoms with Gasteiger partial charge in [-0.2, -0.15) is 5.01 Å². The second-order valence-corrected chi connectivity index (χ2v) is 8.45. The summed E-state index contributed by atoms with van der Waals surface area (Å²) < 4.78 is 23.0. The van der Waals surface area contributed by atoms with Crippen molar-refractivity contribution in [2.24, 2.45) is 0 Å². The van der Waals surface area contributed by atoms with Crippen LogP contribution in [0.1, 0.15) is 29.3 Å². The Morgan fingerprint density at radius 3 is 2.21 bits per heavy atom. The summed E-state index contributed by atoms with van der Waals surface area (Å²) in [6.07, 6.45) is 1.36. The lowest BCUT2D eigenvalue weighted by molar-refractivity contribution is -0.133. The maximum Gasteiger partial charge on any atom is 0.344 e. The zero-order chi connectivity index (χ0) is 20.5. The Morgan fingerprint density at radius 2 is 1.68 bits per heavy atom. The van der Waals surface area contributed by atoms with Gasteiger partial charge in [0.15, 0.2) is 9.84 Å². The third kappa shape index (κ3) is 3.36. The molecule has 0 spiro atoms. The van der Waals surface area contributed by atoms with E-state index < -0.39 is 33.2 Å². The van der Waals surface area contributed by atoms with Crippen LogP contribution in [0.5, 0.6) is 0 Å². The molecule has 2 N–H and O–H groups in total. The summed E-state index contributed by atoms with van der Waals surface area (Å²) in [6, 6.07) is 13.3. The lowest BCUT2D eigenvalue weighted by Gasteiger charge is -2.25. The van der Waals surface area contributed by atoms with Crippen LogP contribution in [0.3, 0.4) is 0 Å². The molecule has 1 fully saturated rings. The fraction of sp³-hybridized carbons (Fsp3) is 0.211. The highest BCUT2D eigenvalue weighted by atomic mass is 32.2. The van der Waals surface area contributed by atoms with Crippen LogP contribution >= 0.6 is 0 Å². The SMILES string of the molecule is CC[C@]1(c2ccccc2)NC(=O)N(NC(=O)c2ccc(S(C)(=O)=O)cc2)C1=O. The number of nitrogens with one attached hydrogen (secondary N) is 2. The first-order valence-corrected chi connectivity index (χ1v) is 10.4. The Bertz CT molecular complexity index is 1030. The van der Waals surface area contributed by atoms with Crippen molar-refractivity contribution in [1.82, 2.24) is 15.8 Å². The Morgan fingerprint density at radius 1 is 1.07 bits per heavy atom. The van der Waals surface area contributed by atoms with Gasteiger partial charge < -0.3 is 5.32 Å². The Hall–Kier alpha value is -3.20. The van der Waals surface area contributed by atoms with Gasteiger partial charge in [-0.15, -0.1) is 0 Å². The van der Waals surface area contributed by atoms with Crippen molar-refractivity contribution in [3.05, 3.63) is 65.7 Å². The van der Waals surface area contributed by atoms with Crippen LogP contribution in [0.2, 0.25) is 0 Å². The topological polar surface area (TPSA) is 113 Å². The molecule has 0 unspecified atom stereocenters. The number of hydrazine groups is 1. The van der Waals surface area contributed by atoms with Gasteiger partial charge >= 0.3 is 6.03 Å². The summed E-state index contributed by atoms with van der Waals surface area (Å²) in [5, 5.41) is 3.32. The molecule has 0 saturated carbocycles. The third-order valence-corrected chi connectivity index (χ3v) is 5.77. The molecule has 2 aromatic rings. The van der Waals surface area contributed by atoms with Crippen molar-refractivity contribution in [3.8, 4) is 0 Å². The summed E-state index contributed by atoms with van der Waals surface area (Å²) >= 11 is 0. The van der Waals surface area contributed by atoms with Crippen LogP contribution in [0, 0.1) is 0 Å². The number of rotatable bonds is 5. The van der Waals surface area contributed by atoms with E-state index in [1.54, 1.807) is 37.3 Å². The lowest BCUT2D eigenvalue weighted by atomic mass is 9.87. The van der Waals surface area contributed by atoms with Crippen molar-refractivity contribution < 1.29 is 22.8 Å². The minimum Gasteiger partial charge on any atom is -0.318 e. The molecule has 1 aliphatic heterocycles. The first kappa shape index (κ1) is 19.6. The highest BCUT2D eigenvalue weighted by Gasteiger charge is 2.52. The highest BCUT2D eigenvalue weighted by Crippen LogP contribution is 2.31. The normalized spacial score (nSPS) is 19.4. The maximum atomic E-state index is 13.0. The van der Waals surface area contributed by atoms with E-state index in [1.807, 2.05) is 0 Å². The quantitative estimate of drug-likeness (QED) is 0.739. The molecule has 28 heavy (non-hydrogen) atoms. The number of imide groups is 1. The number of carbonyl (C=O) groups is 3. The molecular formula is C19H19N3O5S. The Kier molecular flexibility index (Phi) is 4.95. The van der Waals surface area contributed by atoms with Gasteiger partial charge in [-0.3, -0.25) is 15.0 Å². The molecule has 0 aromatic heterocycles. The largest absolute Gasteiger partial charge is 0.344 e. The molecule has 0 aliphatic carbocycles. The molecule has 4 amide bonds. The predicted molar refractivity (Wildman–Crippen MR) is 101 cm³/mol. The molecule has 0 radical (unpaired) electrons. The monoisotopic (exact) mass is 401 g/mol. The van der Waals surface area contributed by atoms with Gasteiger partial charge in [0, 0.05) is 11.8 Å². The molecule has 0 bridgehead atoms. The van der Waals surface area contributed by atoms with E-state index in [4.69, 9.17) is 0 Å². The molecule has 1 saturated heterocycles. The van der Waals surface area contributed by atoms with Gasteiger partial charge in [-0.05, 0) is 36.2 Å². The average Bonchev–Trinajstić information content (AvgIpc) is 2.93. The van der Waals surface area contributed by atoms with Crippen molar-refractivity contribution in [2.45, 2.75) is 23.8 Å². The Labute approximate surface area is 162 Å². The summed E-state index contributed by atoms with van der Waals surface area (Å²) in [6.45, 7) is 1.76.